The third-order valence-electron chi connectivity index (χ3n) is 3.78. The Morgan fingerprint density at radius 3 is 2.59 bits per heavy atom. The molecule has 6 N–H and O–H groups in total. The summed E-state index contributed by atoms with van der Waals surface area (Å²) in [4.78, 5) is 26.8. The van der Waals surface area contributed by atoms with Gasteiger partial charge in [0.15, 0.2) is 0 Å². The van der Waals surface area contributed by atoms with Crippen molar-refractivity contribution in [2.24, 2.45) is 17.4 Å². The number of aromatic amines is 1. The second kappa shape index (κ2) is 6.62. The summed E-state index contributed by atoms with van der Waals surface area (Å²) in [6.45, 7) is 3.70. The van der Waals surface area contributed by atoms with Crippen LogP contribution in [-0.2, 0) is 16.0 Å². The minimum Gasteiger partial charge on any atom is -0.368 e. The molecule has 0 saturated carbocycles. The summed E-state index contributed by atoms with van der Waals surface area (Å²) >= 11 is 0. The molecule has 2 aromatic rings. The maximum atomic E-state index is 12.0. The highest BCUT2D eigenvalue weighted by molar-refractivity contribution is 5.90. The van der Waals surface area contributed by atoms with Crippen LogP contribution in [0.25, 0.3) is 10.9 Å². The van der Waals surface area contributed by atoms with Gasteiger partial charge in [0, 0.05) is 23.5 Å². The van der Waals surface area contributed by atoms with E-state index in [0.717, 1.165) is 16.5 Å². The van der Waals surface area contributed by atoms with Crippen LogP contribution in [0.15, 0.2) is 30.5 Å². The lowest BCUT2D eigenvalue weighted by Gasteiger charge is -2.20. The molecule has 6 nitrogen and oxygen atoms in total. The lowest BCUT2D eigenvalue weighted by molar-refractivity contribution is -0.128. The zero-order valence-corrected chi connectivity index (χ0v) is 12.8. The van der Waals surface area contributed by atoms with E-state index in [-0.39, 0.29) is 11.8 Å². The van der Waals surface area contributed by atoms with E-state index in [1.807, 2.05) is 44.3 Å². The van der Waals surface area contributed by atoms with E-state index in [1.165, 1.54) is 0 Å². The number of H-pyrrole nitrogens is 1. The van der Waals surface area contributed by atoms with Crippen molar-refractivity contribution in [1.82, 2.24) is 10.3 Å². The fourth-order valence-corrected chi connectivity index (χ4v) is 2.31. The van der Waals surface area contributed by atoms with Gasteiger partial charge < -0.3 is 21.8 Å². The highest BCUT2D eigenvalue weighted by Gasteiger charge is 2.24. The molecule has 1 aromatic carbocycles. The molecular formula is C16H22N4O2. The highest BCUT2D eigenvalue weighted by atomic mass is 16.2. The summed E-state index contributed by atoms with van der Waals surface area (Å²) in [6.07, 6.45) is 2.16. The minimum atomic E-state index is -0.781. The first kappa shape index (κ1) is 16.0. The number of nitrogens with one attached hydrogen (secondary N) is 2. The van der Waals surface area contributed by atoms with Crippen LogP contribution >= 0.6 is 0 Å². The van der Waals surface area contributed by atoms with Gasteiger partial charge >= 0.3 is 0 Å². The van der Waals surface area contributed by atoms with Gasteiger partial charge in [-0.25, -0.2) is 0 Å². The van der Waals surface area contributed by atoms with Crippen LogP contribution in [0.1, 0.15) is 19.4 Å². The summed E-state index contributed by atoms with van der Waals surface area (Å²) in [5.41, 5.74) is 13.1. The number of primary amides is 1. The first-order valence-corrected chi connectivity index (χ1v) is 7.30. The third kappa shape index (κ3) is 3.46. The van der Waals surface area contributed by atoms with Crippen molar-refractivity contribution in [3.05, 3.63) is 36.0 Å². The van der Waals surface area contributed by atoms with Crippen LogP contribution in [0.4, 0.5) is 0 Å². The Bertz CT molecular complexity index is 678. The smallest absolute Gasteiger partial charge is 0.240 e. The van der Waals surface area contributed by atoms with Gasteiger partial charge in [-0.3, -0.25) is 9.59 Å². The molecule has 0 bridgehead atoms. The Hall–Kier alpha value is -2.34. The summed E-state index contributed by atoms with van der Waals surface area (Å²) in [6, 6.07) is 6.32. The fourth-order valence-electron chi connectivity index (χ4n) is 2.31. The number of aromatic nitrogens is 1. The van der Waals surface area contributed by atoms with E-state index in [0.29, 0.717) is 6.42 Å². The maximum absolute atomic E-state index is 12.0. The van der Waals surface area contributed by atoms with Crippen molar-refractivity contribution in [2.45, 2.75) is 32.4 Å². The van der Waals surface area contributed by atoms with Gasteiger partial charge in [0.05, 0.1) is 6.04 Å². The number of nitrogens with two attached hydrogens (primary N) is 2. The van der Waals surface area contributed by atoms with E-state index in [2.05, 4.69) is 10.3 Å². The Kier molecular flexibility index (Phi) is 4.82. The Morgan fingerprint density at radius 2 is 1.95 bits per heavy atom. The molecule has 0 spiro atoms. The van der Waals surface area contributed by atoms with Crippen LogP contribution < -0.4 is 16.8 Å². The topological polar surface area (TPSA) is 114 Å². The van der Waals surface area contributed by atoms with Crippen LogP contribution in [0.5, 0.6) is 0 Å². The molecule has 0 radical (unpaired) electrons. The fraction of sp³-hybridized carbons (Fsp3) is 0.375. The molecule has 2 unspecified atom stereocenters. The average Bonchev–Trinajstić information content (AvgIpc) is 2.88. The van der Waals surface area contributed by atoms with Gasteiger partial charge in [-0.15, -0.1) is 0 Å². The molecule has 0 saturated heterocycles. The average molecular weight is 302 g/mol. The number of amides is 2. The Balaban J connectivity index is 2.16. The molecule has 2 amide bonds. The van der Waals surface area contributed by atoms with Gasteiger partial charge in [0.25, 0.3) is 0 Å². The van der Waals surface area contributed by atoms with Gasteiger partial charge in [-0.05, 0) is 17.5 Å². The van der Waals surface area contributed by atoms with Crippen molar-refractivity contribution in [3.8, 4) is 0 Å². The molecular weight excluding hydrogens is 280 g/mol. The third-order valence-corrected chi connectivity index (χ3v) is 3.78. The predicted molar refractivity (Wildman–Crippen MR) is 85.9 cm³/mol. The zero-order valence-electron chi connectivity index (χ0n) is 12.8. The Labute approximate surface area is 129 Å². The molecule has 1 aromatic heterocycles. The van der Waals surface area contributed by atoms with E-state index in [9.17, 15) is 9.59 Å². The second-order valence-electron chi connectivity index (χ2n) is 5.80. The molecule has 2 atom stereocenters. The quantitative estimate of drug-likeness (QED) is 0.628. The zero-order chi connectivity index (χ0) is 16.3. The summed E-state index contributed by atoms with van der Waals surface area (Å²) in [5, 5.41) is 3.66. The molecule has 0 aliphatic carbocycles. The molecule has 6 heteroatoms. The van der Waals surface area contributed by atoms with Gasteiger partial charge in [0.1, 0.15) is 6.04 Å². The summed E-state index contributed by atoms with van der Waals surface area (Å²) in [7, 11) is 0. The molecule has 2 rings (SSSR count). The number of rotatable bonds is 6. The minimum absolute atomic E-state index is 0.0124. The largest absolute Gasteiger partial charge is 0.368 e. The van der Waals surface area contributed by atoms with E-state index < -0.39 is 18.0 Å². The molecule has 1 heterocycles. The highest BCUT2D eigenvalue weighted by Crippen LogP contribution is 2.19. The first-order valence-electron chi connectivity index (χ1n) is 7.30. The SMILES string of the molecule is CC(C)C(N)C(=O)NC(Cc1c[nH]c2ccccc12)C(N)=O. The van der Waals surface area contributed by atoms with Crippen molar-refractivity contribution in [3.63, 3.8) is 0 Å². The van der Waals surface area contributed by atoms with Crippen molar-refractivity contribution < 1.29 is 9.59 Å². The van der Waals surface area contributed by atoms with E-state index in [1.54, 1.807) is 0 Å². The van der Waals surface area contributed by atoms with E-state index >= 15 is 0 Å². The van der Waals surface area contributed by atoms with E-state index in [4.69, 9.17) is 11.5 Å². The van der Waals surface area contributed by atoms with Crippen molar-refractivity contribution in [1.29, 1.82) is 0 Å². The van der Waals surface area contributed by atoms with Crippen molar-refractivity contribution >= 4 is 22.7 Å². The molecule has 22 heavy (non-hydrogen) atoms. The number of para-hydroxylation sites is 1. The number of carbonyl (C=O) groups excluding carboxylic acids is 2. The number of benzene rings is 1. The molecule has 0 aliphatic heterocycles. The van der Waals surface area contributed by atoms with Crippen LogP contribution in [0, 0.1) is 5.92 Å². The van der Waals surface area contributed by atoms with Crippen molar-refractivity contribution in [2.75, 3.05) is 0 Å². The lowest BCUT2D eigenvalue weighted by atomic mass is 10.0. The standard InChI is InChI=1S/C16H22N4O2/c1-9(2)14(17)16(22)20-13(15(18)21)7-10-8-19-12-6-4-3-5-11(10)12/h3-6,8-9,13-14,19H,7,17H2,1-2H3,(H2,18,21)(H,20,22). The van der Waals surface area contributed by atoms with Gasteiger partial charge in [0.2, 0.25) is 11.8 Å². The first-order chi connectivity index (χ1) is 10.4. The number of hydrogen-bond donors (Lipinski definition) is 4. The maximum Gasteiger partial charge on any atom is 0.240 e. The Morgan fingerprint density at radius 1 is 1.27 bits per heavy atom. The second-order valence-corrected chi connectivity index (χ2v) is 5.80. The number of hydrogen-bond acceptors (Lipinski definition) is 3. The van der Waals surface area contributed by atoms with Gasteiger partial charge in [-0.2, -0.15) is 0 Å². The lowest BCUT2D eigenvalue weighted by Crippen LogP contribution is -2.52. The van der Waals surface area contributed by atoms with Crippen LogP contribution in [-0.4, -0.2) is 28.9 Å². The van der Waals surface area contributed by atoms with Crippen LogP contribution in [0.3, 0.4) is 0 Å². The number of carbonyl (C=O) groups is 2. The summed E-state index contributed by atoms with van der Waals surface area (Å²) in [5.74, 6) is -0.949. The molecule has 0 aliphatic rings. The molecule has 0 fully saturated rings. The normalized spacial score (nSPS) is 14.0. The molecule has 118 valence electrons. The monoisotopic (exact) mass is 302 g/mol. The van der Waals surface area contributed by atoms with Gasteiger partial charge in [-0.1, -0.05) is 32.0 Å². The summed E-state index contributed by atoms with van der Waals surface area (Å²) < 4.78 is 0. The van der Waals surface area contributed by atoms with Crippen LogP contribution in [0.2, 0.25) is 0 Å². The number of fused-ring (bicyclic) bond motifs is 1. The predicted octanol–water partition coefficient (Wildman–Crippen LogP) is 0.664.